The molecule has 0 fully saturated rings. The summed E-state index contributed by atoms with van der Waals surface area (Å²) in [6.07, 6.45) is 3.15. The molecule has 5 nitrogen and oxygen atoms in total. The van der Waals surface area contributed by atoms with E-state index in [9.17, 15) is 4.79 Å². The first-order chi connectivity index (χ1) is 10.6. The number of benzene rings is 1. The first-order valence-corrected chi connectivity index (χ1v) is 7.37. The van der Waals surface area contributed by atoms with Crippen molar-refractivity contribution in [2.24, 2.45) is 0 Å². The lowest BCUT2D eigenvalue weighted by molar-refractivity contribution is -0.116. The summed E-state index contributed by atoms with van der Waals surface area (Å²) >= 11 is 0. The fraction of sp³-hybridized carbons (Fsp3) is 0.294. The molecule has 1 amide bonds. The quantitative estimate of drug-likeness (QED) is 0.769. The van der Waals surface area contributed by atoms with Gasteiger partial charge >= 0.3 is 0 Å². The van der Waals surface area contributed by atoms with Gasteiger partial charge in [-0.05, 0) is 43.4 Å². The second-order valence-corrected chi connectivity index (χ2v) is 5.29. The molecule has 116 valence electrons. The number of nitrogens with two attached hydrogens (primary N) is 1. The van der Waals surface area contributed by atoms with Crippen LogP contribution in [0.4, 0.5) is 11.4 Å². The van der Waals surface area contributed by atoms with Crippen LogP contribution >= 0.6 is 0 Å². The van der Waals surface area contributed by atoms with Gasteiger partial charge in [-0.1, -0.05) is 6.07 Å². The average molecular weight is 298 g/mol. The van der Waals surface area contributed by atoms with Crippen molar-refractivity contribution < 1.29 is 4.79 Å². The van der Waals surface area contributed by atoms with Crippen LogP contribution in [0.25, 0.3) is 0 Å². The van der Waals surface area contributed by atoms with Gasteiger partial charge in [-0.2, -0.15) is 0 Å². The maximum absolute atomic E-state index is 11.9. The van der Waals surface area contributed by atoms with Crippen LogP contribution < -0.4 is 11.1 Å². The number of nitrogens with one attached hydrogen (secondary N) is 1. The largest absolute Gasteiger partial charge is 0.399 e. The molecular weight excluding hydrogens is 276 g/mol. The van der Waals surface area contributed by atoms with E-state index in [-0.39, 0.29) is 5.91 Å². The minimum absolute atomic E-state index is 0.00876. The summed E-state index contributed by atoms with van der Waals surface area (Å²) < 4.78 is 0. The molecule has 2 rings (SSSR count). The number of carbonyl (C=O) groups excluding carboxylic acids is 1. The van der Waals surface area contributed by atoms with Crippen LogP contribution in [-0.4, -0.2) is 35.9 Å². The Bertz CT molecular complexity index is 583. The molecule has 1 aromatic heterocycles. The van der Waals surface area contributed by atoms with Crippen LogP contribution in [0.2, 0.25) is 0 Å². The lowest BCUT2D eigenvalue weighted by Gasteiger charge is -2.16. The molecule has 0 aliphatic carbocycles. The number of carbonyl (C=O) groups is 1. The van der Waals surface area contributed by atoms with Gasteiger partial charge in [-0.25, -0.2) is 0 Å². The third kappa shape index (κ3) is 5.54. The minimum Gasteiger partial charge on any atom is -0.399 e. The monoisotopic (exact) mass is 298 g/mol. The van der Waals surface area contributed by atoms with Crippen molar-refractivity contribution in [1.82, 2.24) is 9.88 Å². The SMILES string of the molecule is CN(CCC(=O)Nc1ccc(N)cc1)CCc1ccccn1. The zero-order valence-corrected chi connectivity index (χ0v) is 12.8. The molecule has 2 aromatic rings. The van der Waals surface area contributed by atoms with Crippen molar-refractivity contribution in [3.63, 3.8) is 0 Å². The molecule has 1 aromatic carbocycles. The van der Waals surface area contributed by atoms with E-state index in [4.69, 9.17) is 5.73 Å². The Morgan fingerprint density at radius 3 is 2.64 bits per heavy atom. The van der Waals surface area contributed by atoms with E-state index in [1.807, 2.05) is 25.2 Å². The number of nitrogen functional groups attached to an aromatic ring is 1. The summed E-state index contributed by atoms with van der Waals surface area (Å²) in [5, 5.41) is 2.86. The van der Waals surface area contributed by atoms with Gasteiger partial charge in [0.2, 0.25) is 5.91 Å². The van der Waals surface area contributed by atoms with E-state index in [0.717, 1.165) is 24.3 Å². The van der Waals surface area contributed by atoms with E-state index >= 15 is 0 Å². The molecule has 0 spiro atoms. The first-order valence-electron chi connectivity index (χ1n) is 7.37. The maximum Gasteiger partial charge on any atom is 0.225 e. The molecule has 22 heavy (non-hydrogen) atoms. The van der Waals surface area contributed by atoms with Crippen LogP contribution in [0.1, 0.15) is 12.1 Å². The summed E-state index contributed by atoms with van der Waals surface area (Å²) in [4.78, 5) is 18.3. The smallest absolute Gasteiger partial charge is 0.225 e. The number of rotatable bonds is 7. The predicted octanol–water partition coefficient (Wildman–Crippen LogP) is 2.17. The standard InChI is InChI=1S/C17H22N4O/c1-21(12-9-15-4-2-3-11-19-15)13-10-17(22)20-16-7-5-14(18)6-8-16/h2-8,11H,9-10,12-13,18H2,1H3,(H,20,22). The summed E-state index contributed by atoms with van der Waals surface area (Å²) in [7, 11) is 2.01. The van der Waals surface area contributed by atoms with Gasteiger partial charge in [0.1, 0.15) is 0 Å². The maximum atomic E-state index is 11.9. The molecule has 0 saturated heterocycles. The number of hydrogen-bond donors (Lipinski definition) is 2. The zero-order chi connectivity index (χ0) is 15.8. The highest BCUT2D eigenvalue weighted by molar-refractivity contribution is 5.90. The number of pyridine rings is 1. The number of likely N-dealkylation sites (N-methyl/N-ethyl adjacent to an activating group) is 1. The fourth-order valence-electron chi connectivity index (χ4n) is 2.05. The van der Waals surface area contributed by atoms with Gasteiger partial charge in [-0.15, -0.1) is 0 Å². The average Bonchev–Trinajstić information content (AvgIpc) is 2.54. The molecule has 0 bridgehead atoms. The first kappa shape index (κ1) is 16.0. The Balaban J connectivity index is 1.68. The van der Waals surface area contributed by atoms with Gasteiger partial charge in [0.05, 0.1) is 0 Å². The van der Waals surface area contributed by atoms with Gasteiger partial charge in [0.15, 0.2) is 0 Å². The Kier molecular flexibility index (Phi) is 5.91. The zero-order valence-electron chi connectivity index (χ0n) is 12.8. The molecular formula is C17H22N4O. The number of hydrogen-bond acceptors (Lipinski definition) is 4. The highest BCUT2D eigenvalue weighted by Gasteiger charge is 2.05. The number of nitrogens with zero attached hydrogens (tertiary/aromatic N) is 2. The number of aromatic nitrogens is 1. The van der Waals surface area contributed by atoms with Crippen LogP contribution in [0.15, 0.2) is 48.7 Å². The number of amides is 1. The predicted molar refractivity (Wildman–Crippen MR) is 89.5 cm³/mol. The molecule has 1 heterocycles. The van der Waals surface area contributed by atoms with E-state index in [0.29, 0.717) is 18.7 Å². The molecule has 3 N–H and O–H groups in total. The van der Waals surface area contributed by atoms with Crippen LogP contribution in [0.5, 0.6) is 0 Å². The Morgan fingerprint density at radius 2 is 1.95 bits per heavy atom. The van der Waals surface area contributed by atoms with Crippen molar-refractivity contribution in [3.8, 4) is 0 Å². The van der Waals surface area contributed by atoms with Crippen LogP contribution in [0.3, 0.4) is 0 Å². The van der Waals surface area contributed by atoms with Gasteiger partial charge in [0.25, 0.3) is 0 Å². The van der Waals surface area contributed by atoms with E-state index in [1.165, 1.54) is 0 Å². The summed E-state index contributed by atoms with van der Waals surface area (Å²) in [5.74, 6) is 0.00876. The van der Waals surface area contributed by atoms with Crippen molar-refractivity contribution in [1.29, 1.82) is 0 Å². The second-order valence-electron chi connectivity index (χ2n) is 5.29. The van der Waals surface area contributed by atoms with Crippen LogP contribution in [0, 0.1) is 0 Å². The van der Waals surface area contributed by atoms with Crippen molar-refractivity contribution >= 4 is 17.3 Å². The summed E-state index contributed by atoms with van der Waals surface area (Å²) in [5.41, 5.74) is 8.14. The van der Waals surface area contributed by atoms with E-state index in [1.54, 1.807) is 30.5 Å². The van der Waals surface area contributed by atoms with Crippen LogP contribution in [-0.2, 0) is 11.2 Å². The van der Waals surface area contributed by atoms with Gasteiger partial charge in [0, 0.05) is 49.2 Å². The van der Waals surface area contributed by atoms with E-state index < -0.39 is 0 Å². The van der Waals surface area contributed by atoms with Crippen molar-refractivity contribution in [2.75, 3.05) is 31.2 Å². The molecule has 0 aliphatic rings. The second kappa shape index (κ2) is 8.14. The molecule has 0 saturated carbocycles. The topological polar surface area (TPSA) is 71.2 Å². The fourth-order valence-corrected chi connectivity index (χ4v) is 2.05. The molecule has 0 atom stereocenters. The molecule has 0 radical (unpaired) electrons. The Labute approximate surface area is 131 Å². The van der Waals surface area contributed by atoms with Crippen molar-refractivity contribution in [3.05, 3.63) is 54.4 Å². The van der Waals surface area contributed by atoms with E-state index in [2.05, 4.69) is 15.2 Å². The number of anilines is 2. The highest BCUT2D eigenvalue weighted by Crippen LogP contribution is 2.10. The molecule has 0 unspecified atom stereocenters. The lowest BCUT2D eigenvalue weighted by atomic mass is 10.2. The Morgan fingerprint density at radius 1 is 1.18 bits per heavy atom. The molecule has 5 heteroatoms. The third-order valence-corrected chi connectivity index (χ3v) is 3.39. The Hall–Kier alpha value is -2.40. The normalized spacial score (nSPS) is 10.6. The van der Waals surface area contributed by atoms with Gasteiger partial charge in [-0.3, -0.25) is 9.78 Å². The lowest BCUT2D eigenvalue weighted by Crippen LogP contribution is -2.26. The summed E-state index contributed by atoms with van der Waals surface area (Å²) in [6, 6.07) is 13.1. The van der Waals surface area contributed by atoms with Crippen molar-refractivity contribution in [2.45, 2.75) is 12.8 Å². The summed E-state index contributed by atoms with van der Waals surface area (Å²) in [6.45, 7) is 1.60. The highest BCUT2D eigenvalue weighted by atomic mass is 16.1. The van der Waals surface area contributed by atoms with Gasteiger partial charge < -0.3 is 16.0 Å². The minimum atomic E-state index is 0.00876. The molecule has 0 aliphatic heterocycles. The third-order valence-electron chi connectivity index (χ3n) is 3.39.